The van der Waals surface area contributed by atoms with E-state index in [0.717, 1.165) is 37.8 Å². The minimum Gasteiger partial charge on any atom is -0.322 e. The fourth-order valence-electron chi connectivity index (χ4n) is 3.85. The minimum atomic E-state index is -5.01. The molecule has 6 N–H and O–H groups in total. The second-order valence-corrected chi connectivity index (χ2v) is 9.98. The fourth-order valence-corrected chi connectivity index (χ4v) is 6.37. The second-order valence-electron chi connectivity index (χ2n) is 6.11. The number of fused-ring (bicyclic) bond motifs is 5. The first-order chi connectivity index (χ1) is 10.6. The van der Waals surface area contributed by atoms with Gasteiger partial charge in [0.15, 0.2) is 0 Å². The largest absolute Gasteiger partial charge is 0.372 e. The molecular weight excluding hydrogens is 342 g/mol. The van der Waals surface area contributed by atoms with Crippen LogP contribution in [0.4, 0.5) is 0 Å². The van der Waals surface area contributed by atoms with Crippen molar-refractivity contribution in [3.05, 3.63) is 24.3 Å². The van der Waals surface area contributed by atoms with Crippen LogP contribution in [0.15, 0.2) is 24.3 Å². The first-order valence-corrected chi connectivity index (χ1v) is 10.6. The lowest BCUT2D eigenvalue weighted by molar-refractivity contribution is 0.278. The van der Waals surface area contributed by atoms with Gasteiger partial charge in [0.25, 0.3) is 5.15 Å². The minimum absolute atomic E-state index is 0.925. The number of hydrogen-bond acceptors (Lipinski definition) is 4. The van der Waals surface area contributed by atoms with Crippen molar-refractivity contribution in [3.63, 3.8) is 0 Å². The van der Waals surface area contributed by atoms with Gasteiger partial charge in [0.05, 0.1) is 0 Å². The van der Waals surface area contributed by atoms with Gasteiger partial charge in [0.2, 0.25) is 0 Å². The first-order valence-electron chi connectivity index (χ1n) is 7.41. The molecule has 0 heterocycles. The average molecular weight is 366 g/mol. The molecule has 3 aliphatic carbocycles. The van der Waals surface area contributed by atoms with E-state index in [1.165, 1.54) is 12.8 Å². The molecule has 0 amide bonds. The van der Waals surface area contributed by atoms with Crippen LogP contribution in [0.3, 0.4) is 0 Å². The molecule has 8 nitrogen and oxygen atoms in total. The molecule has 3 rings (SSSR count). The van der Waals surface area contributed by atoms with Crippen molar-refractivity contribution in [2.75, 3.05) is 14.1 Å². The predicted octanol–water partition coefficient (Wildman–Crippen LogP) is 0.776. The van der Waals surface area contributed by atoms with Gasteiger partial charge in [-0.2, -0.15) is 0 Å². The molecule has 0 aromatic heterocycles. The summed E-state index contributed by atoms with van der Waals surface area (Å²) in [6, 6.07) is 0. The first kappa shape index (κ1) is 19.0. The van der Waals surface area contributed by atoms with Crippen molar-refractivity contribution < 1.29 is 28.7 Å². The highest BCUT2D eigenvalue weighted by atomic mass is 31.2. The monoisotopic (exact) mass is 366 g/mol. The highest BCUT2D eigenvalue weighted by Gasteiger charge is 2.58. The molecule has 23 heavy (non-hydrogen) atoms. The molecule has 4 atom stereocenters. The highest BCUT2D eigenvalue weighted by molar-refractivity contribution is 7.72. The summed E-state index contributed by atoms with van der Waals surface area (Å²) in [5.41, 5.74) is 0. The number of hydrogen-bond donors (Lipinski definition) is 6. The molecule has 132 valence electrons. The van der Waals surface area contributed by atoms with Crippen molar-refractivity contribution in [2.24, 2.45) is 23.7 Å². The summed E-state index contributed by atoms with van der Waals surface area (Å²) < 4.78 is 21.7. The van der Waals surface area contributed by atoms with Gasteiger partial charge in [-0.05, 0) is 50.6 Å². The van der Waals surface area contributed by atoms with Gasteiger partial charge in [-0.25, -0.2) is 0 Å². The van der Waals surface area contributed by atoms with Gasteiger partial charge in [0, 0.05) is 0 Å². The molecule has 1 saturated carbocycles. The Morgan fingerprint density at radius 3 is 1.87 bits per heavy atom. The van der Waals surface area contributed by atoms with E-state index >= 15 is 0 Å². The van der Waals surface area contributed by atoms with E-state index in [1.807, 2.05) is 10.6 Å². The van der Waals surface area contributed by atoms with Crippen LogP contribution in [0.5, 0.6) is 0 Å². The molecule has 0 spiro atoms. The van der Waals surface area contributed by atoms with E-state index in [0.29, 0.717) is 0 Å². The maximum atomic E-state index is 10.8. The molecule has 3 aliphatic rings. The SMILES string of the molecule is C1=CC2C3C=CC(C3)C2C1.CNC(NC)(P(=O)(O)O)P(=O)(O)O. The summed E-state index contributed by atoms with van der Waals surface area (Å²) in [6.07, 6.45) is 12.5. The standard InChI is InChI=1S/C10H12.C3H12N2O6P2/c1-2-9-7-4-5-8(6-7)10(9)3-1;1-4-3(5-2,12(6,7)8)13(9,10)11/h1-2,4-5,7-10H,3,6H2;4-5H,1-2H3,(H2,6,7,8)(H2,9,10,11). The molecule has 0 saturated heterocycles. The van der Waals surface area contributed by atoms with Crippen LogP contribution < -0.4 is 10.6 Å². The Labute approximate surface area is 135 Å². The second kappa shape index (κ2) is 6.54. The summed E-state index contributed by atoms with van der Waals surface area (Å²) >= 11 is 0. The van der Waals surface area contributed by atoms with Crippen molar-refractivity contribution in [1.82, 2.24) is 10.6 Å². The Bertz CT molecular complexity index is 567. The molecule has 0 aliphatic heterocycles. The molecule has 10 heteroatoms. The number of nitrogens with one attached hydrogen (secondary N) is 2. The zero-order valence-electron chi connectivity index (χ0n) is 13.0. The molecule has 0 radical (unpaired) electrons. The van der Waals surface area contributed by atoms with Crippen LogP contribution in [0, 0.1) is 23.7 Å². The Hall–Kier alpha value is -0.300. The Balaban J connectivity index is 0.000000170. The molecule has 2 bridgehead atoms. The smallest absolute Gasteiger partial charge is 0.322 e. The molecule has 0 aromatic rings. The van der Waals surface area contributed by atoms with Crippen LogP contribution >= 0.6 is 15.2 Å². The zero-order valence-corrected chi connectivity index (χ0v) is 14.8. The van der Waals surface area contributed by atoms with Crippen molar-refractivity contribution >= 4 is 15.2 Å². The van der Waals surface area contributed by atoms with Crippen LogP contribution in [-0.2, 0) is 9.13 Å². The van der Waals surface area contributed by atoms with Crippen LogP contribution in [0.2, 0.25) is 0 Å². The number of allylic oxidation sites excluding steroid dienone is 4. The van der Waals surface area contributed by atoms with Gasteiger partial charge >= 0.3 is 15.2 Å². The lowest BCUT2D eigenvalue weighted by Gasteiger charge is -2.33. The third kappa shape index (κ3) is 3.28. The van der Waals surface area contributed by atoms with E-state index in [2.05, 4.69) is 24.3 Å². The van der Waals surface area contributed by atoms with Crippen LogP contribution in [0.1, 0.15) is 12.8 Å². The lowest BCUT2D eigenvalue weighted by atomic mass is 9.86. The van der Waals surface area contributed by atoms with E-state index < -0.39 is 20.3 Å². The number of rotatable bonds is 4. The lowest BCUT2D eigenvalue weighted by Crippen LogP contribution is -2.52. The van der Waals surface area contributed by atoms with E-state index in [4.69, 9.17) is 19.6 Å². The van der Waals surface area contributed by atoms with Crippen LogP contribution in [-0.4, -0.2) is 38.8 Å². The Kier molecular flexibility index (Phi) is 5.41. The maximum Gasteiger partial charge on any atom is 0.372 e. The molecule has 0 aromatic carbocycles. The van der Waals surface area contributed by atoms with Crippen molar-refractivity contribution in [3.8, 4) is 0 Å². The summed E-state index contributed by atoms with van der Waals surface area (Å²) in [4.78, 5) is 35.0. The van der Waals surface area contributed by atoms with Gasteiger partial charge in [0.1, 0.15) is 0 Å². The Morgan fingerprint density at radius 2 is 1.48 bits per heavy atom. The van der Waals surface area contributed by atoms with E-state index in [-0.39, 0.29) is 0 Å². The van der Waals surface area contributed by atoms with Gasteiger partial charge in [-0.3, -0.25) is 19.8 Å². The van der Waals surface area contributed by atoms with Gasteiger partial charge < -0.3 is 19.6 Å². The maximum absolute atomic E-state index is 10.8. The summed E-state index contributed by atoms with van der Waals surface area (Å²) in [7, 11) is -7.95. The van der Waals surface area contributed by atoms with Gasteiger partial charge in [-0.1, -0.05) is 24.3 Å². The molecule has 4 unspecified atom stereocenters. The van der Waals surface area contributed by atoms with Crippen molar-refractivity contribution in [1.29, 1.82) is 0 Å². The zero-order chi connectivity index (χ0) is 17.5. The fraction of sp³-hybridized carbons (Fsp3) is 0.692. The van der Waals surface area contributed by atoms with E-state index in [9.17, 15) is 9.13 Å². The summed E-state index contributed by atoms with van der Waals surface area (Å²) in [5.74, 6) is 3.82. The predicted molar refractivity (Wildman–Crippen MR) is 86.4 cm³/mol. The third-order valence-electron chi connectivity index (χ3n) is 5.00. The Morgan fingerprint density at radius 1 is 0.957 bits per heavy atom. The van der Waals surface area contributed by atoms with Gasteiger partial charge in [-0.15, -0.1) is 0 Å². The van der Waals surface area contributed by atoms with E-state index in [1.54, 1.807) is 0 Å². The average Bonchev–Trinajstić information content (AvgIpc) is 3.12. The third-order valence-corrected chi connectivity index (χ3v) is 9.14. The summed E-state index contributed by atoms with van der Waals surface area (Å²) in [6.45, 7) is 0. The van der Waals surface area contributed by atoms with Crippen LogP contribution in [0.25, 0.3) is 0 Å². The summed E-state index contributed by atoms with van der Waals surface area (Å²) in [5, 5.41) is 1.11. The normalized spacial score (nSPS) is 31.9. The molecular formula is C13H24N2O6P2. The highest BCUT2D eigenvalue weighted by Crippen LogP contribution is 2.65. The molecule has 1 fully saturated rings. The topological polar surface area (TPSA) is 139 Å². The van der Waals surface area contributed by atoms with Crippen molar-refractivity contribution in [2.45, 2.75) is 18.0 Å². The quantitative estimate of drug-likeness (QED) is 0.244.